The zero-order valence-electron chi connectivity index (χ0n) is 14.3. The number of likely N-dealkylation sites (tertiary alicyclic amines) is 1. The molecule has 0 aromatic heterocycles. The summed E-state index contributed by atoms with van der Waals surface area (Å²) in [6.07, 6.45) is 4.09. The second-order valence-corrected chi connectivity index (χ2v) is 7.30. The molecule has 6 heteroatoms. The summed E-state index contributed by atoms with van der Waals surface area (Å²) in [5.74, 6) is 1.58. The molecule has 5 atom stereocenters. The van der Waals surface area contributed by atoms with Gasteiger partial charge < -0.3 is 24.2 Å². The van der Waals surface area contributed by atoms with Crippen molar-refractivity contribution < 1.29 is 24.1 Å². The van der Waals surface area contributed by atoms with E-state index in [9.17, 15) is 9.90 Å². The van der Waals surface area contributed by atoms with E-state index in [2.05, 4.69) is 12.1 Å². The summed E-state index contributed by atoms with van der Waals surface area (Å²) in [5, 5.41) is 10.6. The summed E-state index contributed by atoms with van der Waals surface area (Å²) in [4.78, 5) is 14.1. The van der Waals surface area contributed by atoms with Crippen LogP contribution in [0.15, 0.2) is 24.3 Å². The fourth-order valence-corrected chi connectivity index (χ4v) is 5.55. The summed E-state index contributed by atoms with van der Waals surface area (Å²) in [7, 11) is 3.06. The van der Waals surface area contributed by atoms with E-state index in [0.29, 0.717) is 12.3 Å². The Bertz CT molecular complexity index is 790. The number of amides is 1. The Labute approximate surface area is 146 Å². The Morgan fingerprint density at radius 1 is 1.36 bits per heavy atom. The van der Waals surface area contributed by atoms with Crippen molar-refractivity contribution in [1.29, 1.82) is 0 Å². The second-order valence-electron chi connectivity index (χ2n) is 7.30. The first-order valence-corrected chi connectivity index (χ1v) is 8.69. The molecule has 1 saturated heterocycles. The third kappa shape index (κ3) is 1.66. The molecule has 5 rings (SSSR count). The summed E-state index contributed by atoms with van der Waals surface area (Å²) >= 11 is 0. The lowest BCUT2D eigenvalue weighted by atomic mass is 9.53. The van der Waals surface area contributed by atoms with E-state index in [0.717, 1.165) is 18.6 Å². The fraction of sp³-hybridized carbons (Fsp3) is 0.526. The maximum Gasteiger partial charge on any atom is 0.409 e. The normalized spacial score (nSPS) is 36.5. The molecule has 0 radical (unpaired) electrons. The molecule has 4 aliphatic rings. The van der Waals surface area contributed by atoms with Crippen LogP contribution in [0.4, 0.5) is 4.79 Å². The molecule has 6 nitrogen and oxygen atoms in total. The molecule has 0 unspecified atom stereocenters. The van der Waals surface area contributed by atoms with Gasteiger partial charge in [-0.3, -0.25) is 0 Å². The van der Waals surface area contributed by atoms with Crippen molar-refractivity contribution in [2.45, 2.75) is 36.5 Å². The number of carbonyl (C=O) groups excluding carboxylic acids is 1. The van der Waals surface area contributed by atoms with Crippen LogP contribution in [0.2, 0.25) is 0 Å². The third-order valence-corrected chi connectivity index (χ3v) is 6.49. The number of benzene rings is 1. The molecule has 1 amide bonds. The van der Waals surface area contributed by atoms with Gasteiger partial charge in [0.15, 0.2) is 11.5 Å². The lowest BCUT2D eigenvalue weighted by molar-refractivity contribution is -0.0472. The second kappa shape index (κ2) is 4.91. The van der Waals surface area contributed by atoms with Crippen LogP contribution in [0.1, 0.15) is 17.5 Å². The molecular formula is C19H21NO5. The molecule has 0 saturated carbocycles. The largest absolute Gasteiger partial charge is 0.493 e. The molecule has 1 aromatic rings. The zero-order valence-corrected chi connectivity index (χ0v) is 14.3. The number of piperidine rings is 1. The molecular weight excluding hydrogens is 322 g/mol. The number of rotatable bonds is 1. The molecule has 1 N–H and O–H groups in total. The van der Waals surface area contributed by atoms with Gasteiger partial charge in [-0.25, -0.2) is 4.79 Å². The Hall–Kier alpha value is -2.21. The minimum atomic E-state index is -0.662. The Balaban J connectivity index is 1.74. The van der Waals surface area contributed by atoms with Gasteiger partial charge in [-0.05, 0) is 24.5 Å². The van der Waals surface area contributed by atoms with E-state index >= 15 is 0 Å². The highest BCUT2D eigenvalue weighted by atomic mass is 16.5. The highest BCUT2D eigenvalue weighted by Crippen LogP contribution is 2.62. The average Bonchev–Trinajstić information content (AvgIpc) is 2.97. The summed E-state index contributed by atoms with van der Waals surface area (Å²) in [5.41, 5.74) is 2.04. The van der Waals surface area contributed by atoms with E-state index in [1.54, 1.807) is 7.11 Å². The number of aliphatic hydroxyl groups excluding tert-OH is 1. The molecule has 2 bridgehead atoms. The van der Waals surface area contributed by atoms with E-state index in [1.807, 2.05) is 17.0 Å². The highest BCUT2D eigenvalue weighted by molar-refractivity contribution is 5.70. The maximum absolute atomic E-state index is 12.3. The van der Waals surface area contributed by atoms with Crippen LogP contribution in [0.5, 0.6) is 11.5 Å². The van der Waals surface area contributed by atoms with Crippen LogP contribution >= 0.6 is 0 Å². The first-order valence-electron chi connectivity index (χ1n) is 8.69. The first-order chi connectivity index (χ1) is 12.1. The van der Waals surface area contributed by atoms with Crippen molar-refractivity contribution in [3.63, 3.8) is 0 Å². The average molecular weight is 343 g/mol. The molecule has 1 spiro atoms. The van der Waals surface area contributed by atoms with Gasteiger partial charge in [0.1, 0.15) is 12.2 Å². The van der Waals surface area contributed by atoms with Gasteiger partial charge in [0, 0.05) is 29.5 Å². The third-order valence-electron chi connectivity index (χ3n) is 6.49. The number of ether oxygens (including phenoxy) is 3. The predicted octanol–water partition coefficient (Wildman–Crippen LogP) is 1.64. The van der Waals surface area contributed by atoms with Crippen molar-refractivity contribution in [2.75, 3.05) is 20.8 Å². The minimum absolute atomic E-state index is 0.0166. The van der Waals surface area contributed by atoms with E-state index in [-0.39, 0.29) is 29.6 Å². The predicted molar refractivity (Wildman–Crippen MR) is 88.9 cm³/mol. The number of hydrogen-bond donors (Lipinski definition) is 1. The van der Waals surface area contributed by atoms with E-state index in [4.69, 9.17) is 14.2 Å². The van der Waals surface area contributed by atoms with Gasteiger partial charge in [0.05, 0.1) is 14.2 Å². The van der Waals surface area contributed by atoms with Gasteiger partial charge in [-0.1, -0.05) is 18.2 Å². The number of methoxy groups -OCH3 is 2. The van der Waals surface area contributed by atoms with Crippen LogP contribution in [-0.2, 0) is 16.6 Å². The monoisotopic (exact) mass is 343 g/mol. The summed E-state index contributed by atoms with van der Waals surface area (Å²) in [6, 6.07) is 4.00. The van der Waals surface area contributed by atoms with E-state index in [1.165, 1.54) is 18.2 Å². The van der Waals surface area contributed by atoms with Crippen molar-refractivity contribution >= 4 is 6.09 Å². The maximum atomic E-state index is 12.3. The van der Waals surface area contributed by atoms with Gasteiger partial charge in [0.2, 0.25) is 0 Å². The van der Waals surface area contributed by atoms with Crippen LogP contribution in [0.25, 0.3) is 0 Å². The Kier molecular flexibility index (Phi) is 2.96. The number of aliphatic hydroxyl groups is 1. The fourth-order valence-electron chi connectivity index (χ4n) is 5.55. The van der Waals surface area contributed by atoms with E-state index < -0.39 is 6.10 Å². The van der Waals surface area contributed by atoms with Crippen molar-refractivity contribution in [3.05, 3.63) is 35.4 Å². The molecule has 1 aromatic carbocycles. The SMILES string of the molecule is COC(=O)N1CC[C@]23c4c5ccc(OC)c4O[C@H]2[C@@H](O)C=C[C@H]3[C@H]1C5. The molecule has 2 aliphatic carbocycles. The molecule has 25 heavy (non-hydrogen) atoms. The van der Waals surface area contributed by atoms with Crippen LogP contribution in [0.3, 0.4) is 0 Å². The van der Waals surface area contributed by atoms with Crippen molar-refractivity contribution in [1.82, 2.24) is 4.90 Å². The topological polar surface area (TPSA) is 68.2 Å². The van der Waals surface area contributed by atoms with Crippen molar-refractivity contribution in [2.24, 2.45) is 5.92 Å². The Morgan fingerprint density at radius 2 is 2.20 bits per heavy atom. The molecule has 1 fully saturated rings. The smallest absolute Gasteiger partial charge is 0.409 e. The lowest BCUT2D eigenvalue weighted by Gasteiger charge is -2.56. The highest BCUT2D eigenvalue weighted by Gasteiger charge is 2.65. The van der Waals surface area contributed by atoms with Crippen LogP contribution in [-0.4, -0.2) is 55.1 Å². The minimum Gasteiger partial charge on any atom is -0.493 e. The van der Waals surface area contributed by atoms with Crippen LogP contribution < -0.4 is 9.47 Å². The molecule has 132 valence electrons. The zero-order chi connectivity index (χ0) is 17.3. The standard InChI is InChI=1S/C19H21NO5/c1-23-14-6-3-10-9-12-11-4-5-13(21)17-19(11,15(10)16(14)25-17)7-8-20(12)18(22)24-2/h3-6,11-13,17,21H,7-9H2,1-2H3/t11-,12+,13-,17-,19-/m0/s1. The van der Waals surface area contributed by atoms with Crippen molar-refractivity contribution in [3.8, 4) is 11.5 Å². The lowest BCUT2D eigenvalue weighted by Crippen LogP contribution is -2.66. The molecule has 2 aliphatic heterocycles. The molecule has 2 heterocycles. The number of carbonyl (C=O) groups is 1. The van der Waals surface area contributed by atoms with Gasteiger partial charge in [-0.2, -0.15) is 0 Å². The summed E-state index contributed by atoms with van der Waals surface area (Å²) < 4.78 is 16.8. The van der Waals surface area contributed by atoms with Gasteiger partial charge in [-0.15, -0.1) is 0 Å². The summed E-state index contributed by atoms with van der Waals surface area (Å²) in [6.45, 7) is 0.602. The first kappa shape index (κ1) is 15.1. The van der Waals surface area contributed by atoms with Gasteiger partial charge >= 0.3 is 6.09 Å². The number of hydrogen-bond acceptors (Lipinski definition) is 5. The van der Waals surface area contributed by atoms with Crippen LogP contribution in [0, 0.1) is 5.92 Å². The Morgan fingerprint density at radius 3 is 2.96 bits per heavy atom. The van der Waals surface area contributed by atoms with Gasteiger partial charge in [0.25, 0.3) is 0 Å². The number of nitrogens with zero attached hydrogens (tertiary/aromatic N) is 1. The quantitative estimate of drug-likeness (QED) is 0.785.